The zero-order chi connectivity index (χ0) is 17.1. The fourth-order valence-corrected chi connectivity index (χ4v) is 2.76. The van der Waals surface area contributed by atoms with E-state index >= 15 is 0 Å². The van der Waals surface area contributed by atoms with E-state index in [0.29, 0.717) is 12.4 Å². The molecule has 0 saturated carbocycles. The monoisotopic (exact) mass is 340 g/mol. The lowest BCUT2D eigenvalue weighted by Crippen LogP contribution is -2.43. The Labute approximate surface area is 139 Å². The van der Waals surface area contributed by atoms with Crippen LogP contribution in [0.25, 0.3) is 0 Å². The van der Waals surface area contributed by atoms with Gasteiger partial charge in [0.15, 0.2) is 5.96 Å². The van der Waals surface area contributed by atoms with E-state index in [4.69, 9.17) is 0 Å². The van der Waals surface area contributed by atoms with E-state index in [1.54, 1.807) is 7.05 Å². The van der Waals surface area contributed by atoms with Gasteiger partial charge in [-0.3, -0.25) is 4.99 Å². The third kappa shape index (κ3) is 9.78. The Kier molecular flexibility index (Phi) is 8.47. The van der Waals surface area contributed by atoms with Crippen molar-refractivity contribution in [3.8, 4) is 0 Å². The lowest BCUT2D eigenvalue weighted by molar-refractivity contribution is 0.581. The molecule has 1 atom stereocenters. The first-order valence-electron chi connectivity index (χ1n) is 7.84. The molecule has 1 rings (SSSR count). The number of benzene rings is 1. The van der Waals surface area contributed by atoms with Gasteiger partial charge in [0.1, 0.15) is 9.84 Å². The molecule has 3 N–H and O–H groups in total. The number of hydrogen-bond acceptors (Lipinski definition) is 4. The molecule has 0 heterocycles. The van der Waals surface area contributed by atoms with E-state index < -0.39 is 9.84 Å². The molecule has 6 nitrogen and oxygen atoms in total. The van der Waals surface area contributed by atoms with E-state index in [-0.39, 0.29) is 11.8 Å². The van der Waals surface area contributed by atoms with Crippen molar-refractivity contribution in [2.75, 3.05) is 37.5 Å². The molecule has 130 valence electrons. The summed E-state index contributed by atoms with van der Waals surface area (Å²) in [5, 5.41) is 9.78. The average Bonchev–Trinajstić information content (AvgIpc) is 2.52. The van der Waals surface area contributed by atoms with Gasteiger partial charge in [-0.25, -0.2) is 8.42 Å². The van der Waals surface area contributed by atoms with Crippen LogP contribution in [0.5, 0.6) is 0 Å². The molecule has 0 fully saturated rings. The van der Waals surface area contributed by atoms with Crippen molar-refractivity contribution in [2.24, 2.45) is 4.99 Å². The molecule has 1 aromatic carbocycles. The van der Waals surface area contributed by atoms with E-state index in [2.05, 4.69) is 20.9 Å². The standard InChI is InChI=1S/C16H28N4O2S/c1-14(10-13-23(3,21)22)20-16(17-2)19-12-7-11-18-15-8-5-4-6-9-15/h4-6,8-9,14,18H,7,10-13H2,1-3H3,(H2,17,19,20). The summed E-state index contributed by atoms with van der Waals surface area (Å²) >= 11 is 0. The molecule has 7 heteroatoms. The summed E-state index contributed by atoms with van der Waals surface area (Å²) in [5.41, 5.74) is 1.12. The maximum atomic E-state index is 11.2. The molecule has 0 aliphatic carbocycles. The number of nitrogens with zero attached hydrogens (tertiary/aromatic N) is 1. The SMILES string of the molecule is CN=C(NCCCNc1ccccc1)NC(C)CCS(C)(=O)=O. The largest absolute Gasteiger partial charge is 0.385 e. The van der Waals surface area contributed by atoms with Gasteiger partial charge in [0.2, 0.25) is 0 Å². The van der Waals surface area contributed by atoms with Crippen LogP contribution in [-0.4, -0.2) is 52.6 Å². The first kappa shape index (κ1) is 19.3. The molecule has 0 radical (unpaired) electrons. The van der Waals surface area contributed by atoms with Gasteiger partial charge in [-0.15, -0.1) is 0 Å². The predicted octanol–water partition coefficient (Wildman–Crippen LogP) is 1.48. The lowest BCUT2D eigenvalue weighted by atomic mass is 10.3. The van der Waals surface area contributed by atoms with Gasteiger partial charge in [-0.2, -0.15) is 0 Å². The van der Waals surface area contributed by atoms with Crippen LogP contribution in [0.3, 0.4) is 0 Å². The van der Waals surface area contributed by atoms with E-state index in [1.165, 1.54) is 6.26 Å². The van der Waals surface area contributed by atoms with Gasteiger partial charge in [0.25, 0.3) is 0 Å². The van der Waals surface area contributed by atoms with Crippen LogP contribution in [-0.2, 0) is 9.84 Å². The van der Waals surface area contributed by atoms with Crippen LogP contribution < -0.4 is 16.0 Å². The van der Waals surface area contributed by atoms with Crippen molar-refractivity contribution >= 4 is 21.5 Å². The number of para-hydroxylation sites is 1. The van der Waals surface area contributed by atoms with Crippen LogP contribution in [0.1, 0.15) is 19.8 Å². The molecule has 0 aromatic heterocycles. The average molecular weight is 340 g/mol. The van der Waals surface area contributed by atoms with Crippen molar-refractivity contribution in [1.82, 2.24) is 10.6 Å². The molecular formula is C16H28N4O2S. The summed E-state index contributed by atoms with van der Waals surface area (Å²) in [6, 6.07) is 10.1. The summed E-state index contributed by atoms with van der Waals surface area (Å²) in [7, 11) is -1.21. The van der Waals surface area contributed by atoms with Gasteiger partial charge >= 0.3 is 0 Å². The van der Waals surface area contributed by atoms with Gasteiger partial charge in [0.05, 0.1) is 5.75 Å². The number of sulfone groups is 1. The summed E-state index contributed by atoms with van der Waals surface area (Å²) < 4.78 is 22.3. The summed E-state index contributed by atoms with van der Waals surface area (Å²) in [6.07, 6.45) is 2.77. The number of hydrogen-bond donors (Lipinski definition) is 3. The molecule has 1 unspecified atom stereocenters. The minimum Gasteiger partial charge on any atom is -0.385 e. The molecular weight excluding hydrogens is 312 g/mol. The smallest absolute Gasteiger partial charge is 0.191 e. The van der Waals surface area contributed by atoms with Crippen molar-refractivity contribution < 1.29 is 8.42 Å². The van der Waals surface area contributed by atoms with Crippen LogP contribution in [0.2, 0.25) is 0 Å². The second kappa shape index (κ2) is 10.1. The first-order chi connectivity index (χ1) is 10.9. The third-order valence-corrected chi connectivity index (χ3v) is 4.25. The number of aliphatic imine (C=N–C) groups is 1. The molecule has 0 amide bonds. The van der Waals surface area contributed by atoms with Crippen LogP contribution in [0.4, 0.5) is 5.69 Å². The van der Waals surface area contributed by atoms with Crippen LogP contribution in [0.15, 0.2) is 35.3 Å². The predicted molar refractivity (Wildman–Crippen MR) is 97.8 cm³/mol. The highest BCUT2D eigenvalue weighted by Crippen LogP contribution is 2.04. The Balaban J connectivity index is 2.18. The van der Waals surface area contributed by atoms with E-state index in [0.717, 1.165) is 25.2 Å². The van der Waals surface area contributed by atoms with Gasteiger partial charge in [-0.1, -0.05) is 18.2 Å². The highest BCUT2D eigenvalue weighted by atomic mass is 32.2. The number of anilines is 1. The number of nitrogens with one attached hydrogen (secondary N) is 3. The van der Waals surface area contributed by atoms with Crippen molar-refractivity contribution in [1.29, 1.82) is 0 Å². The van der Waals surface area contributed by atoms with Crippen molar-refractivity contribution in [2.45, 2.75) is 25.8 Å². The molecule has 0 bridgehead atoms. The summed E-state index contributed by atoms with van der Waals surface area (Å²) in [5.74, 6) is 0.879. The van der Waals surface area contributed by atoms with E-state index in [9.17, 15) is 8.42 Å². The van der Waals surface area contributed by atoms with Gasteiger partial charge < -0.3 is 16.0 Å². The lowest BCUT2D eigenvalue weighted by Gasteiger charge is -2.17. The van der Waals surface area contributed by atoms with Crippen LogP contribution in [0, 0.1) is 0 Å². The molecule has 23 heavy (non-hydrogen) atoms. The Morgan fingerprint density at radius 3 is 2.52 bits per heavy atom. The fourth-order valence-electron chi connectivity index (χ4n) is 1.97. The van der Waals surface area contributed by atoms with Gasteiger partial charge in [0, 0.05) is 38.1 Å². The van der Waals surface area contributed by atoms with Crippen LogP contribution >= 0.6 is 0 Å². The molecule has 0 aliphatic heterocycles. The Morgan fingerprint density at radius 2 is 1.91 bits per heavy atom. The molecule has 0 saturated heterocycles. The molecule has 0 aliphatic rings. The highest BCUT2D eigenvalue weighted by Gasteiger charge is 2.09. The Morgan fingerprint density at radius 1 is 1.22 bits per heavy atom. The summed E-state index contributed by atoms with van der Waals surface area (Å²) in [6.45, 7) is 3.62. The Bertz CT molecular complexity index is 573. The quantitative estimate of drug-likeness (QED) is 0.360. The minimum atomic E-state index is -2.92. The van der Waals surface area contributed by atoms with Crippen molar-refractivity contribution in [3.05, 3.63) is 30.3 Å². The highest BCUT2D eigenvalue weighted by molar-refractivity contribution is 7.90. The fraction of sp³-hybridized carbons (Fsp3) is 0.562. The summed E-state index contributed by atoms with van der Waals surface area (Å²) in [4.78, 5) is 4.15. The normalized spacial score (nSPS) is 13.4. The Hall–Kier alpha value is -1.76. The van der Waals surface area contributed by atoms with Gasteiger partial charge in [-0.05, 0) is 31.9 Å². The second-order valence-corrected chi connectivity index (χ2v) is 7.87. The maximum Gasteiger partial charge on any atom is 0.191 e. The van der Waals surface area contributed by atoms with E-state index in [1.807, 2.05) is 37.3 Å². The number of guanidine groups is 1. The third-order valence-electron chi connectivity index (χ3n) is 3.28. The molecule has 0 spiro atoms. The minimum absolute atomic E-state index is 0.0540. The zero-order valence-corrected chi connectivity index (χ0v) is 15.0. The molecule has 1 aromatic rings. The number of rotatable bonds is 9. The maximum absolute atomic E-state index is 11.2. The topological polar surface area (TPSA) is 82.6 Å². The van der Waals surface area contributed by atoms with Crippen molar-refractivity contribution in [3.63, 3.8) is 0 Å². The zero-order valence-electron chi connectivity index (χ0n) is 14.2. The first-order valence-corrected chi connectivity index (χ1v) is 9.90. The second-order valence-electron chi connectivity index (χ2n) is 5.61.